The Balaban J connectivity index is 2.69. The van der Waals surface area contributed by atoms with Gasteiger partial charge >= 0.3 is 0 Å². The largest absolute Gasteiger partial charge is 0.384 e. The molecule has 20 heavy (non-hydrogen) atoms. The lowest BCUT2D eigenvalue weighted by Crippen LogP contribution is -2.34. The highest BCUT2D eigenvalue weighted by Gasteiger charge is 2.16. The van der Waals surface area contributed by atoms with Gasteiger partial charge in [-0.2, -0.15) is 0 Å². The van der Waals surface area contributed by atoms with Crippen molar-refractivity contribution in [3.63, 3.8) is 0 Å². The molecule has 0 heterocycles. The molecule has 2 atom stereocenters. The first kappa shape index (κ1) is 17.1. The molecule has 1 aromatic carbocycles. The maximum absolute atomic E-state index is 13.7. The van der Waals surface area contributed by atoms with Gasteiger partial charge in [0.2, 0.25) is 0 Å². The van der Waals surface area contributed by atoms with E-state index in [1.807, 2.05) is 0 Å². The Morgan fingerprint density at radius 2 is 2.05 bits per heavy atom. The van der Waals surface area contributed by atoms with E-state index in [4.69, 9.17) is 4.74 Å². The Labute approximate surface area is 120 Å². The molecule has 0 saturated heterocycles. The zero-order chi connectivity index (χ0) is 15.0. The number of halogens is 2. The zero-order valence-corrected chi connectivity index (χ0v) is 12.6. The molecule has 0 spiro atoms. The van der Waals surface area contributed by atoms with E-state index in [0.29, 0.717) is 24.5 Å². The van der Waals surface area contributed by atoms with Crippen molar-refractivity contribution in [1.29, 1.82) is 0 Å². The lowest BCUT2D eigenvalue weighted by atomic mass is 9.96. The van der Waals surface area contributed by atoms with Crippen LogP contribution in [-0.2, 0) is 11.2 Å². The Bertz CT molecular complexity index is 398. The van der Waals surface area contributed by atoms with Gasteiger partial charge in [0.15, 0.2) is 0 Å². The van der Waals surface area contributed by atoms with E-state index in [-0.39, 0.29) is 17.7 Å². The number of benzene rings is 1. The molecule has 0 aliphatic carbocycles. The van der Waals surface area contributed by atoms with Gasteiger partial charge in [0.25, 0.3) is 0 Å². The average Bonchev–Trinajstić information content (AvgIpc) is 2.40. The summed E-state index contributed by atoms with van der Waals surface area (Å²) in [6, 6.07) is 3.77. The van der Waals surface area contributed by atoms with E-state index in [2.05, 4.69) is 19.2 Å². The highest BCUT2D eigenvalue weighted by atomic mass is 19.1. The predicted molar refractivity (Wildman–Crippen MR) is 77.8 cm³/mol. The SMILES string of the molecule is CCCNC(Cc1cc(F)ccc1F)CC(C)COC. The first-order valence-electron chi connectivity index (χ1n) is 7.23. The van der Waals surface area contributed by atoms with Crippen molar-refractivity contribution >= 4 is 0 Å². The van der Waals surface area contributed by atoms with Crippen LogP contribution in [0.1, 0.15) is 32.3 Å². The third kappa shape index (κ3) is 5.97. The van der Waals surface area contributed by atoms with Crippen molar-refractivity contribution in [2.24, 2.45) is 5.92 Å². The quantitative estimate of drug-likeness (QED) is 0.749. The van der Waals surface area contributed by atoms with E-state index < -0.39 is 0 Å². The fourth-order valence-corrected chi connectivity index (χ4v) is 2.39. The van der Waals surface area contributed by atoms with Gasteiger partial charge < -0.3 is 10.1 Å². The van der Waals surface area contributed by atoms with E-state index in [1.165, 1.54) is 12.1 Å². The summed E-state index contributed by atoms with van der Waals surface area (Å²) in [6.45, 7) is 5.74. The second-order valence-corrected chi connectivity index (χ2v) is 5.39. The van der Waals surface area contributed by atoms with Crippen LogP contribution in [0.4, 0.5) is 8.78 Å². The summed E-state index contributed by atoms with van der Waals surface area (Å²) in [6.07, 6.45) is 2.39. The molecule has 4 heteroatoms. The lowest BCUT2D eigenvalue weighted by Gasteiger charge is -2.22. The van der Waals surface area contributed by atoms with Crippen molar-refractivity contribution in [3.05, 3.63) is 35.4 Å². The lowest BCUT2D eigenvalue weighted by molar-refractivity contribution is 0.149. The van der Waals surface area contributed by atoms with Crippen LogP contribution in [0.2, 0.25) is 0 Å². The third-order valence-corrected chi connectivity index (χ3v) is 3.30. The second kappa shape index (κ2) is 9.03. The molecule has 2 unspecified atom stereocenters. The summed E-state index contributed by atoms with van der Waals surface area (Å²) < 4.78 is 32.1. The molecular weight excluding hydrogens is 260 g/mol. The summed E-state index contributed by atoms with van der Waals surface area (Å²) in [7, 11) is 1.68. The monoisotopic (exact) mass is 285 g/mol. The molecule has 1 aromatic rings. The van der Waals surface area contributed by atoms with Crippen LogP contribution in [0.5, 0.6) is 0 Å². The molecule has 0 aliphatic heterocycles. The normalized spacial score (nSPS) is 14.2. The zero-order valence-electron chi connectivity index (χ0n) is 12.6. The van der Waals surface area contributed by atoms with Crippen molar-refractivity contribution in [2.75, 3.05) is 20.3 Å². The van der Waals surface area contributed by atoms with Gasteiger partial charge in [-0.1, -0.05) is 13.8 Å². The minimum atomic E-state index is -0.388. The highest BCUT2D eigenvalue weighted by molar-refractivity contribution is 5.19. The number of rotatable bonds is 9. The topological polar surface area (TPSA) is 21.3 Å². The van der Waals surface area contributed by atoms with Crippen LogP contribution < -0.4 is 5.32 Å². The molecule has 0 amide bonds. The Kier molecular flexibility index (Phi) is 7.70. The third-order valence-electron chi connectivity index (χ3n) is 3.30. The number of methoxy groups -OCH3 is 1. The molecule has 0 aromatic heterocycles. The van der Waals surface area contributed by atoms with Crippen LogP contribution in [0.15, 0.2) is 18.2 Å². The van der Waals surface area contributed by atoms with Crippen molar-refractivity contribution < 1.29 is 13.5 Å². The molecule has 1 rings (SSSR count). The van der Waals surface area contributed by atoms with Gasteiger partial charge in [-0.15, -0.1) is 0 Å². The molecule has 0 aliphatic rings. The number of nitrogens with one attached hydrogen (secondary N) is 1. The fraction of sp³-hybridized carbons (Fsp3) is 0.625. The molecule has 0 saturated carbocycles. The molecule has 0 radical (unpaired) electrons. The molecule has 0 fully saturated rings. The molecule has 1 N–H and O–H groups in total. The molecule has 114 valence electrons. The van der Waals surface area contributed by atoms with Crippen LogP contribution in [0, 0.1) is 17.6 Å². The Morgan fingerprint density at radius 1 is 1.30 bits per heavy atom. The van der Waals surface area contributed by atoms with Gasteiger partial charge in [0, 0.05) is 19.8 Å². The van der Waals surface area contributed by atoms with Gasteiger partial charge in [0.1, 0.15) is 11.6 Å². The maximum atomic E-state index is 13.7. The fourth-order valence-electron chi connectivity index (χ4n) is 2.39. The average molecular weight is 285 g/mol. The predicted octanol–water partition coefficient (Wildman–Crippen LogP) is 3.55. The van der Waals surface area contributed by atoms with Crippen LogP contribution >= 0.6 is 0 Å². The van der Waals surface area contributed by atoms with E-state index in [0.717, 1.165) is 25.5 Å². The van der Waals surface area contributed by atoms with Gasteiger partial charge in [0.05, 0.1) is 0 Å². The van der Waals surface area contributed by atoms with Crippen LogP contribution in [-0.4, -0.2) is 26.3 Å². The standard InChI is InChI=1S/C16H25F2NO/c1-4-7-19-15(8-12(2)11-20-3)10-13-9-14(17)5-6-16(13)18/h5-6,9,12,15,19H,4,7-8,10-11H2,1-3H3. The summed E-state index contributed by atoms with van der Waals surface area (Å²) in [4.78, 5) is 0. The van der Waals surface area contributed by atoms with E-state index in [9.17, 15) is 8.78 Å². The maximum Gasteiger partial charge on any atom is 0.126 e. The Hall–Kier alpha value is -1.00. The molecule has 2 nitrogen and oxygen atoms in total. The van der Waals surface area contributed by atoms with E-state index >= 15 is 0 Å². The van der Waals surface area contributed by atoms with Crippen LogP contribution in [0.25, 0.3) is 0 Å². The van der Waals surface area contributed by atoms with E-state index in [1.54, 1.807) is 7.11 Å². The summed E-state index contributed by atoms with van der Waals surface area (Å²) in [5.41, 5.74) is 0.434. The minimum absolute atomic E-state index is 0.136. The summed E-state index contributed by atoms with van der Waals surface area (Å²) in [5, 5.41) is 3.41. The van der Waals surface area contributed by atoms with Gasteiger partial charge in [-0.25, -0.2) is 8.78 Å². The molecule has 0 bridgehead atoms. The van der Waals surface area contributed by atoms with Gasteiger partial charge in [-0.05, 0) is 55.5 Å². The first-order valence-corrected chi connectivity index (χ1v) is 7.23. The number of ether oxygens (including phenoxy) is 1. The van der Waals surface area contributed by atoms with Crippen molar-refractivity contribution in [2.45, 2.75) is 39.2 Å². The minimum Gasteiger partial charge on any atom is -0.384 e. The summed E-state index contributed by atoms with van der Waals surface area (Å²) >= 11 is 0. The summed E-state index contributed by atoms with van der Waals surface area (Å²) in [5.74, 6) is -0.347. The van der Waals surface area contributed by atoms with Crippen LogP contribution in [0.3, 0.4) is 0 Å². The molecular formula is C16H25F2NO. The highest BCUT2D eigenvalue weighted by Crippen LogP contribution is 2.16. The van der Waals surface area contributed by atoms with Crippen molar-refractivity contribution in [3.8, 4) is 0 Å². The number of hydrogen-bond donors (Lipinski definition) is 1. The van der Waals surface area contributed by atoms with Crippen molar-refractivity contribution in [1.82, 2.24) is 5.32 Å². The smallest absolute Gasteiger partial charge is 0.126 e. The second-order valence-electron chi connectivity index (χ2n) is 5.39. The Morgan fingerprint density at radius 3 is 2.70 bits per heavy atom. The van der Waals surface area contributed by atoms with Gasteiger partial charge in [-0.3, -0.25) is 0 Å². The number of hydrogen-bond acceptors (Lipinski definition) is 2. The first-order chi connectivity index (χ1) is 9.56.